The normalized spacial score (nSPS) is 9.50. The van der Waals surface area contributed by atoms with Crippen LogP contribution >= 0.6 is 24.0 Å². The Morgan fingerprint density at radius 3 is 2.23 bits per heavy atom. The topological polar surface area (TPSA) is 37.9 Å². The molecule has 3 rings (SSSR count). The smallest absolute Gasteiger partial charge is 0.118 e. The largest absolute Gasteiger partial charge is 0.497 e. The first-order valence-electron chi connectivity index (χ1n) is 6.64. The van der Waals surface area contributed by atoms with Crippen LogP contribution in [0.3, 0.4) is 0 Å². The molecule has 1 N–H and O–H groups in total. The van der Waals surface area contributed by atoms with Crippen molar-refractivity contribution < 1.29 is 4.74 Å². The summed E-state index contributed by atoms with van der Waals surface area (Å²) in [5.74, 6) is 0.875. The maximum absolute atomic E-state index is 5.09. The van der Waals surface area contributed by atoms with E-state index in [2.05, 4.69) is 9.97 Å². The summed E-state index contributed by atoms with van der Waals surface area (Å²) in [6, 6.07) is 17.5. The van der Waals surface area contributed by atoms with Gasteiger partial charge in [-0.25, -0.2) is 4.98 Å². The third-order valence-electron chi connectivity index (χ3n) is 2.61. The van der Waals surface area contributed by atoms with E-state index < -0.39 is 0 Å². The number of pyridine rings is 2. The van der Waals surface area contributed by atoms with E-state index in [-0.39, 0.29) is 0 Å². The molecule has 22 heavy (non-hydrogen) atoms. The van der Waals surface area contributed by atoms with Crippen LogP contribution in [0.4, 0.5) is 0 Å². The lowest BCUT2D eigenvalue weighted by Gasteiger charge is -2.02. The Labute approximate surface area is 139 Å². The molecule has 0 fully saturated rings. The Morgan fingerprint density at radius 2 is 1.73 bits per heavy atom. The van der Waals surface area contributed by atoms with Crippen molar-refractivity contribution in [1.82, 2.24) is 9.97 Å². The molecule has 0 atom stereocenters. The zero-order valence-corrected chi connectivity index (χ0v) is 13.7. The van der Waals surface area contributed by atoms with Crippen LogP contribution in [0.1, 0.15) is 0 Å². The molecule has 0 radical (unpaired) electrons. The minimum absolute atomic E-state index is 0.874. The van der Waals surface area contributed by atoms with Crippen LogP contribution in [0.2, 0.25) is 0 Å². The standard InChI is InChI=1S/C12H11NOS.C5H5NS/c1-14-10-5-7-11(8-6-10)15-12-4-2-3-9-13-12;7-5-1-3-6-4-2-5/h2-9H,1H3;1-4H,(H,6,7). The second-order valence-electron chi connectivity index (χ2n) is 4.18. The first kappa shape index (κ1) is 16.3. The van der Waals surface area contributed by atoms with Crippen molar-refractivity contribution in [1.29, 1.82) is 0 Å². The summed E-state index contributed by atoms with van der Waals surface area (Å²) in [5, 5.41) is 1.00. The predicted molar refractivity (Wildman–Crippen MR) is 93.0 cm³/mol. The molecular formula is C17H16N2OS2. The van der Waals surface area contributed by atoms with Crippen LogP contribution in [-0.2, 0) is 0 Å². The van der Waals surface area contributed by atoms with Crippen molar-refractivity contribution in [3.63, 3.8) is 0 Å². The van der Waals surface area contributed by atoms with Gasteiger partial charge in [-0.3, -0.25) is 0 Å². The van der Waals surface area contributed by atoms with E-state index in [0.29, 0.717) is 0 Å². The number of H-pyrrole nitrogens is 1. The second-order valence-corrected chi connectivity index (χ2v) is 5.75. The van der Waals surface area contributed by atoms with Gasteiger partial charge in [0.05, 0.1) is 7.11 Å². The van der Waals surface area contributed by atoms with Crippen LogP contribution in [0.25, 0.3) is 0 Å². The number of benzene rings is 1. The third kappa shape index (κ3) is 5.71. The monoisotopic (exact) mass is 328 g/mol. The fourth-order valence-electron chi connectivity index (χ4n) is 1.54. The lowest BCUT2D eigenvalue weighted by molar-refractivity contribution is 0.414. The van der Waals surface area contributed by atoms with Gasteiger partial charge in [0.2, 0.25) is 0 Å². The van der Waals surface area contributed by atoms with Gasteiger partial charge in [-0.05, 0) is 48.5 Å². The maximum Gasteiger partial charge on any atom is 0.118 e. The first-order valence-corrected chi connectivity index (χ1v) is 7.86. The summed E-state index contributed by atoms with van der Waals surface area (Å²) in [5.41, 5.74) is 0. The lowest BCUT2D eigenvalue weighted by Crippen LogP contribution is -1.82. The van der Waals surface area contributed by atoms with Crippen LogP contribution in [0.5, 0.6) is 5.75 Å². The van der Waals surface area contributed by atoms with Crippen molar-refractivity contribution in [3.8, 4) is 5.75 Å². The average Bonchev–Trinajstić information content (AvgIpc) is 2.58. The molecule has 3 aromatic rings. The second kappa shape index (κ2) is 9.02. The average molecular weight is 328 g/mol. The van der Waals surface area contributed by atoms with E-state index in [1.54, 1.807) is 25.1 Å². The number of hydrogen-bond donors (Lipinski definition) is 1. The molecule has 0 aliphatic heterocycles. The van der Waals surface area contributed by atoms with Crippen molar-refractivity contribution in [2.45, 2.75) is 9.92 Å². The Morgan fingerprint density at radius 1 is 1.00 bits per heavy atom. The van der Waals surface area contributed by atoms with Gasteiger partial charge in [0, 0.05) is 28.0 Å². The Hall–Kier alpha value is -2.11. The highest BCUT2D eigenvalue weighted by Crippen LogP contribution is 2.26. The number of methoxy groups -OCH3 is 1. The summed E-state index contributed by atoms with van der Waals surface area (Å²) in [6.45, 7) is 0. The van der Waals surface area contributed by atoms with Gasteiger partial charge in [-0.1, -0.05) is 30.0 Å². The molecule has 0 bridgehead atoms. The number of ether oxygens (including phenoxy) is 1. The minimum Gasteiger partial charge on any atom is -0.497 e. The summed E-state index contributed by atoms with van der Waals surface area (Å²) in [4.78, 5) is 8.28. The van der Waals surface area contributed by atoms with Crippen molar-refractivity contribution in [2.24, 2.45) is 0 Å². The fraction of sp³-hybridized carbons (Fsp3) is 0.0588. The molecule has 112 valence electrons. The number of aromatic amines is 1. The van der Waals surface area contributed by atoms with Gasteiger partial charge in [-0.15, -0.1) is 0 Å². The molecule has 0 aliphatic rings. The fourth-order valence-corrected chi connectivity index (χ4v) is 2.45. The molecule has 5 heteroatoms. The molecule has 1 aromatic carbocycles. The number of nitrogens with one attached hydrogen (secondary N) is 1. The molecule has 2 heterocycles. The molecule has 0 spiro atoms. The number of aromatic nitrogens is 2. The predicted octanol–water partition coefficient (Wildman–Crippen LogP) is 4.99. The van der Waals surface area contributed by atoms with Crippen LogP contribution in [-0.4, -0.2) is 17.1 Å². The van der Waals surface area contributed by atoms with Crippen molar-refractivity contribution in [2.75, 3.05) is 7.11 Å². The Balaban J connectivity index is 0.000000211. The molecule has 3 nitrogen and oxygen atoms in total. The molecular weight excluding hydrogens is 312 g/mol. The minimum atomic E-state index is 0.874. The molecule has 0 saturated heterocycles. The lowest BCUT2D eigenvalue weighted by atomic mass is 10.3. The van der Waals surface area contributed by atoms with Crippen LogP contribution < -0.4 is 4.74 Å². The highest BCUT2D eigenvalue weighted by Gasteiger charge is 1.97. The van der Waals surface area contributed by atoms with E-state index in [9.17, 15) is 0 Å². The van der Waals surface area contributed by atoms with Crippen LogP contribution in [0.15, 0.2) is 83.1 Å². The van der Waals surface area contributed by atoms with Gasteiger partial charge in [-0.2, -0.15) is 0 Å². The molecule has 0 amide bonds. The summed E-state index contributed by atoms with van der Waals surface area (Å²) < 4.78 is 5.97. The van der Waals surface area contributed by atoms with E-state index in [1.807, 2.05) is 67.0 Å². The quantitative estimate of drug-likeness (QED) is 0.688. The maximum atomic E-state index is 5.09. The number of hydrogen-bond acceptors (Lipinski definition) is 4. The van der Waals surface area contributed by atoms with E-state index in [4.69, 9.17) is 17.0 Å². The van der Waals surface area contributed by atoms with Crippen molar-refractivity contribution in [3.05, 3.63) is 77.7 Å². The third-order valence-corrected chi connectivity index (χ3v) is 3.84. The van der Waals surface area contributed by atoms with Gasteiger partial charge in [0.1, 0.15) is 10.8 Å². The van der Waals surface area contributed by atoms with E-state index in [0.717, 1.165) is 20.2 Å². The Bertz CT molecular complexity index is 710. The molecule has 0 unspecified atom stereocenters. The summed E-state index contributed by atoms with van der Waals surface area (Å²) in [7, 11) is 1.67. The summed E-state index contributed by atoms with van der Waals surface area (Å²) >= 11 is 6.43. The van der Waals surface area contributed by atoms with Gasteiger partial charge < -0.3 is 9.72 Å². The number of rotatable bonds is 3. The highest BCUT2D eigenvalue weighted by molar-refractivity contribution is 7.99. The first-order chi connectivity index (χ1) is 10.8. The van der Waals surface area contributed by atoms with Crippen molar-refractivity contribution >= 4 is 24.0 Å². The zero-order chi connectivity index (χ0) is 15.6. The molecule has 0 saturated carbocycles. The van der Waals surface area contributed by atoms with Gasteiger partial charge >= 0.3 is 0 Å². The SMILES string of the molecule is COc1ccc(Sc2ccccn2)cc1.S=c1cc[nH]cc1. The zero-order valence-electron chi connectivity index (χ0n) is 12.1. The van der Waals surface area contributed by atoms with Gasteiger partial charge in [0.25, 0.3) is 0 Å². The Kier molecular flexibility index (Phi) is 6.67. The summed E-state index contributed by atoms with van der Waals surface area (Å²) in [6.07, 6.45) is 5.41. The van der Waals surface area contributed by atoms with Crippen LogP contribution in [0, 0.1) is 4.51 Å². The number of nitrogens with zero attached hydrogens (tertiary/aromatic N) is 1. The molecule has 0 aliphatic carbocycles. The van der Waals surface area contributed by atoms with Gasteiger partial charge in [0.15, 0.2) is 0 Å². The van der Waals surface area contributed by atoms with E-state index >= 15 is 0 Å². The molecule has 2 aromatic heterocycles. The van der Waals surface area contributed by atoms with E-state index in [1.165, 1.54) is 0 Å². The highest BCUT2D eigenvalue weighted by atomic mass is 32.2.